The SMILES string of the molecule is FC(F)(F)c1cccc(CC2COC(C3CCCCN3)=N2)c1. The fraction of sp³-hybridized carbons (Fsp3) is 0.562. The number of halogens is 3. The van der Waals surface area contributed by atoms with Crippen molar-refractivity contribution in [1.82, 2.24) is 5.32 Å². The third-order valence-corrected chi connectivity index (χ3v) is 4.07. The summed E-state index contributed by atoms with van der Waals surface area (Å²) in [5.41, 5.74) is 0.0343. The van der Waals surface area contributed by atoms with Crippen LogP contribution >= 0.6 is 0 Å². The Bertz CT molecular complexity index is 551. The minimum Gasteiger partial charge on any atom is -0.478 e. The molecule has 6 heteroatoms. The number of piperidine rings is 1. The summed E-state index contributed by atoms with van der Waals surface area (Å²) in [6.07, 6.45) is -0.506. The van der Waals surface area contributed by atoms with E-state index in [4.69, 9.17) is 4.74 Å². The van der Waals surface area contributed by atoms with Crippen molar-refractivity contribution in [1.29, 1.82) is 0 Å². The number of nitrogens with one attached hydrogen (secondary N) is 1. The van der Waals surface area contributed by atoms with Crippen molar-refractivity contribution in [2.75, 3.05) is 13.2 Å². The first-order chi connectivity index (χ1) is 10.5. The van der Waals surface area contributed by atoms with E-state index in [0.717, 1.165) is 37.8 Å². The second-order valence-corrected chi connectivity index (χ2v) is 5.84. The quantitative estimate of drug-likeness (QED) is 0.930. The number of hydrogen-bond donors (Lipinski definition) is 1. The van der Waals surface area contributed by atoms with Crippen molar-refractivity contribution in [2.45, 2.75) is 43.9 Å². The molecule has 2 atom stereocenters. The monoisotopic (exact) mass is 312 g/mol. The van der Waals surface area contributed by atoms with Crippen LogP contribution in [0.4, 0.5) is 13.2 Å². The predicted molar refractivity (Wildman–Crippen MR) is 78.0 cm³/mol. The van der Waals surface area contributed by atoms with E-state index in [9.17, 15) is 13.2 Å². The molecule has 0 saturated carbocycles. The van der Waals surface area contributed by atoms with Gasteiger partial charge in [-0.25, -0.2) is 4.99 Å². The van der Waals surface area contributed by atoms with E-state index in [1.807, 2.05) is 0 Å². The number of benzene rings is 1. The molecule has 2 aliphatic rings. The summed E-state index contributed by atoms with van der Waals surface area (Å²) in [6.45, 7) is 1.41. The molecule has 22 heavy (non-hydrogen) atoms. The minimum absolute atomic E-state index is 0.0952. The Balaban J connectivity index is 1.65. The van der Waals surface area contributed by atoms with Crippen LogP contribution < -0.4 is 5.32 Å². The van der Waals surface area contributed by atoms with E-state index in [1.165, 1.54) is 12.1 Å². The average Bonchev–Trinajstić information content (AvgIpc) is 2.96. The van der Waals surface area contributed by atoms with Crippen LogP contribution in [-0.4, -0.2) is 31.1 Å². The summed E-state index contributed by atoms with van der Waals surface area (Å²) >= 11 is 0. The Morgan fingerprint density at radius 2 is 2.14 bits per heavy atom. The average molecular weight is 312 g/mol. The number of rotatable bonds is 3. The second-order valence-electron chi connectivity index (χ2n) is 5.84. The van der Waals surface area contributed by atoms with Crippen molar-refractivity contribution >= 4 is 5.90 Å². The van der Waals surface area contributed by atoms with Crippen LogP contribution in [0.2, 0.25) is 0 Å². The van der Waals surface area contributed by atoms with Gasteiger partial charge in [0, 0.05) is 0 Å². The Labute approximate surface area is 127 Å². The molecule has 1 aromatic rings. The van der Waals surface area contributed by atoms with E-state index in [-0.39, 0.29) is 12.1 Å². The molecule has 1 saturated heterocycles. The number of hydrogen-bond acceptors (Lipinski definition) is 3. The van der Waals surface area contributed by atoms with E-state index < -0.39 is 11.7 Å². The lowest BCUT2D eigenvalue weighted by Crippen LogP contribution is -2.40. The highest BCUT2D eigenvalue weighted by molar-refractivity contribution is 5.83. The molecule has 0 radical (unpaired) electrons. The van der Waals surface area contributed by atoms with Gasteiger partial charge in [-0.2, -0.15) is 13.2 Å². The van der Waals surface area contributed by atoms with E-state index in [0.29, 0.717) is 18.6 Å². The molecule has 1 N–H and O–H groups in total. The molecular formula is C16H19F3N2O. The third kappa shape index (κ3) is 3.61. The van der Waals surface area contributed by atoms with Crippen LogP contribution in [-0.2, 0) is 17.3 Å². The highest BCUT2D eigenvalue weighted by Gasteiger charge is 2.31. The first-order valence-corrected chi connectivity index (χ1v) is 7.62. The first kappa shape index (κ1) is 15.3. The van der Waals surface area contributed by atoms with Gasteiger partial charge in [0.2, 0.25) is 5.90 Å². The second kappa shape index (κ2) is 6.28. The van der Waals surface area contributed by atoms with Crippen LogP contribution in [0.3, 0.4) is 0 Å². The normalized spacial score (nSPS) is 25.7. The fourth-order valence-corrected chi connectivity index (χ4v) is 2.94. The lowest BCUT2D eigenvalue weighted by molar-refractivity contribution is -0.137. The molecule has 2 heterocycles. The number of ether oxygens (including phenoxy) is 1. The van der Waals surface area contributed by atoms with Gasteiger partial charge >= 0.3 is 6.18 Å². The molecule has 0 bridgehead atoms. The van der Waals surface area contributed by atoms with Crippen molar-refractivity contribution < 1.29 is 17.9 Å². The Hall–Kier alpha value is -1.56. The van der Waals surface area contributed by atoms with Crippen LogP contribution in [0.5, 0.6) is 0 Å². The van der Waals surface area contributed by atoms with Gasteiger partial charge in [-0.05, 0) is 37.4 Å². The molecular weight excluding hydrogens is 293 g/mol. The van der Waals surface area contributed by atoms with Gasteiger partial charge in [-0.15, -0.1) is 0 Å². The molecule has 1 fully saturated rings. The molecule has 0 aromatic heterocycles. The van der Waals surface area contributed by atoms with Crippen LogP contribution in [0.1, 0.15) is 30.4 Å². The number of aliphatic imine (C=N–C) groups is 1. The summed E-state index contributed by atoms with van der Waals surface area (Å²) in [6, 6.07) is 5.52. The zero-order chi connectivity index (χ0) is 15.6. The van der Waals surface area contributed by atoms with Gasteiger partial charge in [0.25, 0.3) is 0 Å². The Kier molecular flexibility index (Phi) is 4.38. The molecule has 3 rings (SSSR count). The summed E-state index contributed by atoms with van der Waals surface area (Å²) in [5.74, 6) is 0.719. The van der Waals surface area contributed by atoms with Crippen LogP contribution in [0, 0.1) is 0 Å². The molecule has 0 amide bonds. The minimum atomic E-state index is -4.30. The summed E-state index contributed by atoms with van der Waals surface area (Å²) in [7, 11) is 0. The third-order valence-electron chi connectivity index (χ3n) is 4.07. The van der Waals surface area contributed by atoms with Crippen molar-refractivity contribution in [3.8, 4) is 0 Å². The summed E-state index contributed by atoms with van der Waals surface area (Å²) < 4.78 is 43.8. The molecule has 120 valence electrons. The van der Waals surface area contributed by atoms with Gasteiger partial charge in [0.1, 0.15) is 6.61 Å². The zero-order valence-electron chi connectivity index (χ0n) is 12.2. The molecule has 1 aromatic carbocycles. The van der Waals surface area contributed by atoms with Gasteiger partial charge < -0.3 is 10.1 Å². The fourth-order valence-electron chi connectivity index (χ4n) is 2.94. The van der Waals surface area contributed by atoms with Gasteiger partial charge in [0.05, 0.1) is 17.6 Å². The van der Waals surface area contributed by atoms with Crippen molar-refractivity contribution in [2.24, 2.45) is 4.99 Å². The zero-order valence-corrected chi connectivity index (χ0v) is 12.2. The standard InChI is InChI=1S/C16H19F3N2O/c17-16(18,19)12-5-3-4-11(8-12)9-13-10-22-15(21-13)14-6-1-2-7-20-14/h3-5,8,13-14,20H,1-2,6-7,9-10H2. The molecule has 3 nitrogen and oxygen atoms in total. The lowest BCUT2D eigenvalue weighted by Gasteiger charge is -2.22. The van der Waals surface area contributed by atoms with Gasteiger partial charge in [-0.1, -0.05) is 24.6 Å². The van der Waals surface area contributed by atoms with E-state index >= 15 is 0 Å². The maximum Gasteiger partial charge on any atom is 0.416 e. The smallest absolute Gasteiger partial charge is 0.416 e. The lowest BCUT2D eigenvalue weighted by atomic mass is 10.0. The number of nitrogens with zero attached hydrogens (tertiary/aromatic N) is 1. The van der Waals surface area contributed by atoms with Crippen molar-refractivity contribution in [3.63, 3.8) is 0 Å². The largest absolute Gasteiger partial charge is 0.478 e. The highest BCUT2D eigenvalue weighted by atomic mass is 19.4. The molecule has 0 spiro atoms. The maximum atomic E-state index is 12.7. The predicted octanol–water partition coefficient (Wildman–Crippen LogP) is 3.19. The van der Waals surface area contributed by atoms with E-state index in [1.54, 1.807) is 6.07 Å². The van der Waals surface area contributed by atoms with E-state index in [2.05, 4.69) is 10.3 Å². The maximum absolute atomic E-state index is 12.7. The molecule has 2 unspecified atom stereocenters. The van der Waals surface area contributed by atoms with Gasteiger partial charge in [0.15, 0.2) is 0 Å². The Morgan fingerprint density at radius 1 is 1.27 bits per heavy atom. The summed E-state index contributed by atoms with van der Waals surface area (Å²) in [4.78, 5) is 4.55. The highest BCUT2D eigenvalue weighted by Crippen LogP contribution is 2.30. The van der Waals surface area contributed by atoms with Crippen LogP contribution in [0.25, 0.3) is 0 Å². The topological polar surface area (TPSA) is 33.6 Å². The first-order valence-electron chi connectivity index (χ1n) is 7.62. The van der Waals surface area contributed by atoms with Gasteiger partial charge in [-0.3, -0.25) is 0 Å². The molecule has 2 aliphatic heterocycles. The Morgan fingerprint density at radius 3 is 2.86 bits per heavy atom. The van der Waals surface area contributed by atoms with Crippen LogP contribution in [0.15, 0.2) is 29.3 Å². The number of alkyl halides is 3. The molecule has 0 aliphatic carbocycles. The summed E-state index contributed by atoms with van der Waals surface area (Å²) in [5, 5.41) is 3.37. The van der Waals surface area contributed by atoms with Crippen molar-refractivity contribution in [3.05, 3.63) is 35.4 Å².